The van der Waals surface area contributed by atoms with Crippen molar-refractivity contribution >= 4 is 23.4 Å². The molecule has 0 atom stereocenters. The van der Waals surface area contributed by atoms with E-state index in [1.807, 2.05) is 42.5 Å². The first-order valence-electron chi connectivity index (χ1n) is 8.18. The van der Waals surface area contributed by atoms with Crippen LogP contribution in [0.2, 0.25) is 0 Å². The number of halogens is 3. The molecule has 0 aliphatic heterocycles. The molecular formula is C21H16F3NOS. The second-order valence-corrected chi connectivity index (χ2v) is 6.82. The van der Waals surface area contributed by atoms with Gasteiger partial charge in [-0.05, 0) is 42.0 Å². The Morgan fingerprint density at radius 2 is 1.48 bits per heavy atom. The van der Waals surface area contributed by atoms with Gasteiger partial charge in [0.25, 0.3) is 5.91 Å². The zero-order valence-corrected chi connectivity index (χ0v) is 15.0. The van der Waals surface area contributed by atoms with Crippen LogP contribution in [0.4, 0.5) is 18.9 Å². The molecule has 1 amide bonds. The van der Waals surface area contributed by atoms with Crippen molar-refractivity contribution in [2.75, 3.05) is 5.32 Å². The van der Waals surface area contributed by atoms with Crippen molar-refractivity contribution in [3.05, 3.63) is 95.6 Å². The van der Waals surface area contributed by atoms with E-state index in [0.29, 0.717) is 17.0 Å². The van der Waals surface area contributed by atoms with Crippen LogP contribution in [0.15, 0.2) is 83.8 Å². The molecule has 0 fully saturated rings. The fourth-order valence-electron chi connectivity index (χ4n) is 2.46. The van der Waals surface area contributed by atoms with Gasteiger partial charge in [-0.2, -0.15) is 13.2 Å². The SMILES string of the molecule is O=C(Nc1ccc(C(F)(F)F)cc1)c1ccccc1SCc1ccccc1. The van der Waals surface area contributed by atoms with Gasteiger partial charge in [0.05, 0.1) is 11.1 Å². The van der Waals surface area contributed by atoms with Crippen LogP contribution in [0, 0.1) is 0 Å². The highest BCUT2D eigenvalue weighted by molar-refractivity contribution is 7.98. The average molecular weight is 387 g/mol. The van der Waals surface area contributed by atoms with Gasteiger partial charge in [0.2, 0.25) is 0 Å². The molecule has 0 aliphatic carbocycles. The lowest BCUT2D eigenvalue weighted by molar-refractivity contribution is -0.137. The highest BCUT2D eigenvalue weighted by atomic mass is 32.2. The Labute approximate surface area is 159 Å². The summed E-state index contributed by atoms with van der Waals surface area (Å²) in [5.41, 5.74) is 1.19. The second-order valence-electron chi connectivity index (χ2n) is 5.80. The summed E-state index contributed by atoms with van der Waals surface area (Å²) in [6, 6.07) is 21.4. The molecule has 3 rings (SSSR count). The highest BCUT2D eigenvalue weighted by Gasteiger charge is 2.30. The van der Waals surface area contributed by atoms with E-state index in [4.69, 9.17) is 0 Å². The third-order valence-electron chi connectivity index (χ3n) is 3.84. The van der Waals surface area contributed by atoms with Crippen molar-refractivity contribution in [2.45, 2.75) is 16.8 Å². The number of benzene rings is 3. The van der Waals surface area contributed by atoms with Crippen molar-refractivity contribution in [3.63, 3.8) is 0 Å². The van der Waals surface area contributed by atoms with E-state index >= 15 is 0 Å². The number of carbonyl (C=O) groups is 1. The summed E-state index contributed by atoms with van der Waals surface area (Å²) < 4.78 is 37.9. The maximum absolute atomic E-state index is 12.6. The van der Waals surface area contributed by atoms with Crippen molar-refractivity contribution in [1.82, 2.24) is 0 Å². The molecule has 0 radical (unpaired) electrons. The lowest BCUT2D eigenvalue weighted by Gasteiger charge is -2.11. The summed E-state index contributed by atoms with van der Waals surface area (Å²) in [5, 5.41) is 2.66. The molecule has 2 nitrogen and oxygen atoms in total. The van der Waals surface area contributed by atoms with Crippen molar-refractivity contribution in [3.8, 4) is 0 Å². The van der Waals surface area contributed by atoms with Gasteiger partial charge in [-0.1, -0.05) is 42.5 Å². The van der Waals surface area contributed by atoms with Gasteiger partial charge < -0.3 is 5.32 Å². The monoisotopic (exact) mass is 387 g/mol. The number of nitrogens with one attached hydrogen (secondary N) is 1. The molecule has 0 aromatic heterocycles. The Kier molecular flexibility index (Phi) is 5.86. The van der Waals surface area contributed by atoms with Gasteiger partial charge in [0, 0.05) is 16.3 Å². The first-order chi connectivity index (χ1) is 12.9. The summed E-state index contributed by atoms with van der Waals surface area (Å²) in [6.45, 7) is 0. The summed E-state index contributed by atoms with van der Waals surface area (Å²) in [5.74, 6) is 0.358. The van der Waals surface area contributed by atoms with Gasteiger partial charge in [-0.3, -0.25) is 4.79 Å². The van der Waals surface area contributed by atoms with Crippen LogP contribution < -0.4 is 5.32 Å². The standard InChI is InChI=1S/C21H16F3NOS/c22-21(23,24)16-10-12-17(13-11-16)25-20(26)18-8-4-5-9-19(18)27-14-15-6-2-1-3-7-15/h1-13H,14H2,(H,25,26). The minimum absolute atomic E-state index is 0.316. The van der Waals surface area contributed by atoms with E-state index in [9.17, 15) is 18.0 Å². The Balaban J connectivity index is 1.71. The molecule has 3 aromatic carbocycles. The fourth-order valence-corrected chi connectivity index (χ4v) is 3.46. The van der Waals surface area contributed by atoms with Gasteiger partial charge >= 0.3 is 6.18 Å². The largest absolute Gasteiger partial charge is 0.416 e. The number of rotatable bonds is 5. The highest BCUT2D eigenvalue weighted by Crippen LogP contribution is 2.30. The molecule has 0 spiro atoms. The van der Waals surface area contributed by atoms with E-state index in [1.165, 1.54) is 23.9 Å². The van der Waals surface area contributed by atoms with Gasteiger partial charge in [-0.25, -0.2) is 0 Å². The lowest BCUT2D eigenvalue weighted by Crippen LogP contribution is -2.13. The number of hydrogen-bond donors (Lipinski definition) is 1. The van der Waals surface area contributed by atoms with Crippen molar-refractivity contribution < 1.29 is 18.0 Å². The smallest absolute Gasteiger partial charge is 0.322 e. The third kappa shape index (κ3) is 5.14. The Bertz CT molecular complexity index is 909. The minimum atomic E-state index is -4.40. The zero-order chi connectivity index (χ0) is 19.3. The summed E-state index contributed by atoms with van der Waals surface area (Å²) in [4.78, 5) is 13.4. The predicted octanol–water partition coefficient (Wildman–Crippen LogP) is 6.25. The summed E-state index contributed by atoms with van der Waals surface area (Å²) in [7, 11) is 0. The molecule has 0 bridgehead atoms. The van der Waals surface area contributed by atoms with Crippen LogP contribution in [0.3, 0.4) is 0 Å². The van der Waals surface area contributed by atoms with Crippen molar-refractivity contribution in [2.24, 2.45) is 0 Å². The number of alkyl halides is 3. The van der Waals surface area contributed by atoms with Crippen LogP contribution >= 0.6 is 11.8 Å². The summed E-state index contributed by atoms with van der Waals surface area (Å²) >= 11 is 1.54. The van der Waals surface area contributed by atoms with Crippen LogP contribution in [-0.4, -0.2) is 5.91 Å². The van der Waals surface area contributed by atoms with E-state index in [1.54, 1.807) is 12.1 Å². The van der Waals surface area contributed by atoms with Crippen LogP contribution in [-0.2, 0) is 11.9 Å². The maximum Gasteiger partial charge on any atom is 0.416 e. The van der Waals surface area contributed by atoms with E-state index in [0.717, 1.165) is 22.6 Å². The quantitative estimate of drug-likeness (QED) is 0.524. The van der Waals surface area contributed by atoms with E-state index in [-0.39, 0.29) is 5.91 Å². The normalized spacial score (nSPS) is 11.2. The fraction of sp³-hybridized carbons (Fsp3) is 0.0952. The van der Waals surface area contributed by atoms with Crippen LogP contribution in [0.1, 0.15) is 21.5 Å². The van der Waals surface area contributed by atoms with Crippen molar-refractivity contribution in [1.29, 1.82) is 0 Å². The van der Waals surface area contributed by atoms with Crippen LogP contribution in [0.25, 0.3) is 0 Å². The molecule has 138 valence electrons. The first kappa shape index (κ1) is 19.0. The number of thioether (sulfide) groups is 1. The summed E-state index contributed by atoms with van der Waals surface area (Å²) in [6.07, 6.45) is -4.40. The molecule has 0 saturated heterocycles. The molecular weight excluding hydrogens is 371 g/mol. The van der Waals surface area contributed by atoms with E-state index in [2.05, 4.69) is 5.32 Å². The topological polar surface area (TPSA) is 29.1 Å². The minimum Gasteiger partial charge on any atom is -0.322 e. The number of anilines is 1. The van der Waals surface area contributed by atoms with Crippen LogP contribution in [0.5, 0.6) is 0 Å². The predicted molar refractivity (Wildman–Crippen MR) is 102 cm³/mol. The second kappa shape index (κ2) is 8.31. The molecule has 3 aromatic rings. The molecule has 0 unspecified atom stereocenters. The van der Waals surface area contributed by atoms with E-state index < -0.39 is 11.7 Å². The molecule has 6 heteroatoms. The van der Waals surface area contributed by atoms with Gasteiger partial charge in [0.1, 0.15) is 0 Å². The number of hydrogen-bond acceptors (Lipinski definition) is 2. The third-order valence-corrected chi connectivity index (χ3v) is 4.98. The molecule has 0 saturated carbocycles. The average Bonchev–Trinajstić information content (AvgIpc) is 2.67. The van der Waals surface area contributed by atoms with Gasteiger partial charge in [0.15, 0.2) is 0 Å². The Morgan fingerprint density at radius 1 is 0.852 bits per heavy atom. The first-order valence-corrected chi connectivity index (χ1v) is 9.16. The molecule has 1 N–H and O–H groups in total. The molecule has 0 heterocycles. The number of amides is 1. The number of carbonyl (C=O) groups excluding carboxylic acids is 1. The zero-order valence-electron chi connectivity index (χ0n) is 14.2. The Hall–Kier alpha value is -2.73. The molecule has 0 aliphatic rings. The Morgan fingerprint density at radius 3 is 2.15 bits per heavy atom. The lowest BCUT2D eigenvalue weighted by atomic mass is 10.1. The molecule has 27 heavy (non-hydrogen) atoms. The van der Waals surface area contributed by atoms with Gasteiger partial charge in [-0.15, -0.1) is 11.8 Å². The maximum atomic E-state index is 12.6.